The lowest BCUT2D eigenvalue weighted by Crippen LogP contribution is -2.26. The fourth-order valence-corrected chi connectivity index (χ4v) is 2.54. The highest BCUT2D eigenvalue weighted by atomic mass is 32.2. The number of nitrogens with one attached hydrogen (secondary N) is 2. The lowest BCUT2D eigenvalue weighted by atomic mass is 10.3. The molecule has 0 aromatic heterocycles. The van der Waals surface area contributed by atoms with Crippen LogP contribution in [0.25, 0.3) is 0 Å². The molecule has 0 spiro atoms. The molecule has 0 aliphatic heterocycles. The minimum atomic E-state index is -3.78. The summed E-state index contributed by atoms with van der Waals surface area (Å²) in [4.78, 5) is 11.4. The summed E-state index contributed by atoms with van der Waals surface area (Å²) in [5.41, 5.74) is 0.169. The Labute approximate surface area is 123 Å². The van der Waals surface area contributed by atoms with Gasteiger partial charge in [0.15, 0.2) is 0 Å². The Morgan fingerprint density at radius 3 is 2.67 bits per heavy atom. The van der Waals surface area contributed by atoms with Gasteiger partial charge >= 0.3 is 6.09 Å². The third-order valence-electron chi connectivity index (χ3n) is 2.40. The van der Waals surface area contributed by atoms with E-state index in [1.165, 1.54) is 25.3 Å². The molecule has 0 saturated heterocycles. The molecule has 0 saturated carbocycles. The number of amides is 1. The maximum Gasteiger partial charge on any atom is 0.411 e. The third-order valence-corrected chi connectivity index (χ3v) is 3.86. The van der Waals surface area contributed by atoms with E-state index in [4.69, 9.17) is 14.6 Å². The van der Waals surface area contributed by atoms with Crippen molar-refractivity contribution >= 4 is 21.8 Å². The lowest BCUT2D eigenvalue weighted by molar-refractivity contribution is 0.168. The average Bonchev–Trinajstić information content (AvgIpc) is 2.45. The van der Waals surface area contributed by atoms with Crippen molar-refractivity contribution in [3.63, 3.8) is 0 Å². The quantitative estimate of drug-likeness (QED) is 0.676. The Morgan fingerprint density at radius 1 is 1.38 bits per heavy atom. The van der Waals surface area contributed by atoms with Crippen LogP contribution in [0.3, 0.4) is 0 Å². The molecule has 0 radical (unpaired) electrons. The Bertz CT molecular complexity index is 587. The van der Waals surface area contributed by atoms with Crippen LogP contribution in [-0.4, -0.2) is 46.5 Å². The Hall–Kier alpha value is -1.84. The summed E-state index contributed by atoms with van der Waals surface area (Å²) in [6, 6.07) is 3.99. The Morgan fingerprint density at radius 2 is 2.10 bits per heavy atom. The van der Waals surface area contributed by atoms with E-state index in [1.54, 1.807) is 6.92 Å². The molecule has 9 heteroatoms. The number of aliphatic hydroxyl groups is 1. The molecule has 1 aromatic carbocycles. The van der Waals surface area contributed by atoms with Crippen LogP contribution in [0.15, 0.2) is 23.1 Å². The zero-order valence-electron chi connectivity index (χ0n) is 11.8. The van der Waals surface area contributed by atoms with Gasteiger partial charge in [0, 0.05) is 6.54 Å². The van der Waals surface area contributed by atoms with Gasteiger partial charge in [-0.05, 0) is 25.1 Å². The Kier molecular flexibility index (Phi) is 6.40. The van der Waals surface area contributed by atoms with E-state index >= 15 is 0 Å². The van der Waals surface area contributed by atoms with E-state index in [2.05, 4.69) is 10.0 Å². The molecule has 21 heavy (non-hydrogen) atoms. The first-order chi connectivity index (χ1) is 9.94. The number of carbonyl (C=O) groups is 1. The topological polar surface area (TPSA) is 114 Å². The molecule has 0 fully saturated rings. The van der Waals surface area contributed by atoms with E-state index < -0.39 is 16.1 Å². The predicted octanol–water partition coefficient (Wildman–Crippen LogP) is 0.534. The van der Waals surface area contributed by atoms with Crippen LogP contribution in [0.4, 0.5) is 10.5 Å². The number of carbonyl (C=O) groups excluding carboxylic acids is 1. The van der Waals surface area contributed by atoms with Gasteiger partial charge in [-0.2, -0.15) is 0 Å². The van der Waals surface area contributed by atoms with Crippen molar-refractivity contribution in [2.75, 3.05) is 32.2 Å². The van der Waals surface area contributed by atoms with Gasteiger partial charge in [-0.3, -0.25) is 5.32 Å². The number of ether oxygens (including phenoxy) is 2. The predicted molar refractivity (Wildman–Crippen MR) is 75.9 cm³/mol. The maximum atomic E-state index is 11.9. The summed E-state index contributed by atoms with van der Waals surface area (Å²) in [7, 11) is -2.38. The summed E-state index contributed by atoms with van der Waals surface area (Å²) in [5.74, 6) is 0.296. The third kappa shape index (κ3) is 4.88. The van der Waals surface area contributed by atoms with Crippen molar-refractivity contribution in [2.24, 2.45) is 0 Å². The molecule has 0 atom stereocenters. The van der Waals surface area contributed by atoms with Gasteiger partial charge in [-0.1, -0.05) is 0 Å². The molecular weight excluding hydrogens is 300 g/mol. The summed E-state index contributed by atoms with van der Waals surface area (Å²) in [5, 5.41) is 11.1. The summed E-state index contributed by atoms with van der Waals surface area (Å²) >= 11 is 0. The molecule has 3 N–H and O–H groups in total. The van der Waals surface area contributed by atoms with E-state index in [0.29, 0.717) is 5.75 Å². The SMILES string of the molecule is CCOC(=O)Nc1cc(S(=O)(=O)NCCO)ccc1OC. The number of aliphatic hydroxyl groups excluding tert-OH is 1. The van der Waals surface area contributed by atoms with Crippen molar-refractivity contribution < 1.29 is 27.8 Å². The van der Waals surface area contributed by atoms with Gasteiger partial charge in [0.25, 0.3) is 0 Å². The van der Waals surface area contributed by atoms with Gasteiger partial charge in [0.05, 0.1) is 30.9 Å². The molecule has 1 rings (SSSR count). The van der Waals surface area contributed by atoms with Gasteiger partial charge in [0.1, 0.15) is 5.75 Å². The van der Waals surface area contributed by atoms with Crippen LogP contribution in [0.2, 0.25) is 0 Å². The first-order valence-electron chi connectivity index (χ1n) is 6.17. The molecule has 118 valence electrons. The fourth-order valence-electron chi connectivity index (χ4n) is 1.49. The maximum absolute atomic E-state index is 11.9. The first kappa shape index (κ1) is 17.2. The van der Waals surface area contributed by atoms with Crippen molar-refractivity contribution in [3.05, 3.63) is 18.2 Å². The second-order valence-corrected chi connectivity index (χ2v) is 5.60. The highest BCUT2D eigenvalue weighted by Crippen LogP contribution is 2.27. The minimum absolute atomic E-state index is 0.0662. The van der Waals surface area contributed by atoms with Crippen molar-refractivity contribution in [3.8, 4) is 5.75 Å². The van der Waals surface area contributed by atoms with Crippen molar-refractivity contribution in [1.29, 1.82) is 0 Å². The summed E-state index contributed by atoms with van der Waals surface area (Å²) in [6.45, 7) is 1.42. The van der Waals surface area contributed by atoms with E-state index in [0.717, 1.165) is 0 Å². The molecule has 0 bridgehead atoms. The van der Waals surface area contributed by atoms with Gasteiger partial charge in [-0.25, -0.2) is 17.9 Å². The zero-order chi connectivity index (χ0) is 15.9. The standard InChI is InChI=1S/C12H18N2O6S/c1-3-20-12(16)14-10-8-9(4-5-11(10)19-2)21(17,18)13-6-7-15/h4-5,8,13,15H,3,6-7H2,1-2H3,(H,14,16). The van der Waals surface area contributed by atoms with Crippen LogP contribution in [-0.2, 0) is 14.8 Å². The lowest BCUT2D eigenvalue weighted by Gasteiger charge is -2.12. The normalized spacial score (nSPS) is 11.0. The van der Waals surface area contributed by atoms with E-state index in [9.17, 15) is 13.2 Å². The highest BCUT2D eigenvalue weighted by Gasteiger charge is 2.17. The number of methoxy groups -OCH3 is 1. The van der Waals surface area contributed by atoms with Crippen LogP contribution in [0.5, 0.6) is 5.75 Å². The van der Waals surface area contributed by atoms with Crippen LogP contribution in [0, 0.1) is 0 Å². The zero-order valence-corrected chi connectivity index (χ0v) is 12.6. The number of hydrogen-bond donors (Lipinski definition) is 3. The van der Waals surface area contributed by atoms with E-state index in [-0.39, 0.29) is 30.3 Å². The second kappa shape index (κ2) is 7.81. The molecule has 0 aliphatic carbocycles. The number of hydrogen-bond acceptors (Lipinski definition) is 6. The average molecular weight is 318 g/mol. The number of sulfonamides is 1. The molecule has 8 nitrogen and oxygen atoms in total. The number of rotatable bonds is 7. The molecule has 0 heterocycles. The minimum Gasteiger partial charge on any atom is -0.495 e. The van der Waals surface area contributed by atoms with Crippen LogP contribution < -0.4 is 14.8 Å². The fraction of sp³-hybridized carbons (Fsp3) is 0.417. The molecule has 1 amide bonds. The molecular formula is C12H18N2O6S. The van der Waals surface area contributed by atoms with Crippen molar-refractivity contribution in [2.45, 2.75) is 11.8 Å². The molecule has 0 unspecified atom stereocenters. The molecule has 0 aliphatic rings. The summed E-state index contributed by atoms with van der Waals surface area (Å²) < 4.78 is 35.9. The first-order valence-corrected chi connectivity index (χ1v) is 7.65. The van der Waals surface area contributed by atoms with Crippen LogP contribution >= 0.6 is 0 Å². The highest BCUT2D eigenvalue weighted by molar-refractivity contribution is 7.89. The van der Waals surface area contributed by atoms with Crippen LogP contribution in [0.1, 0.15) is 6.92 Å². The monoisotopic (exact) mass is 318 g/mol. The number of benzene rings is 1. The van der Waals surface area contributed by atoms with Gasteiger partial charge in [0.2, 0.25) is 10.0 Å². The largest absolute Gasteiger partial charge is 0.495 e. The van der Waals surface area contributed by atoms with E-state index in [1.807, 2.05) is 0 Å². The second-order valence-electron chi connectivity index (χ2n) is 3.83. The van der Waals surface area contributed by atoms with Gasteiger partial charge < -0.3 is 14.6 Å². The summed E-state index contributed by atoms with van der Waals surface area (Å²) in [6.07, 6.45) is -0.714. The molecule has 1 aromatic rings. The van der Waals surface area contributed by atoms with Gasteiger partial charge in [-0.15, -0.1) is 0 Å². The number of anilines is 1. The smallest absolute Gasteiger partial charge is 0.411 e. The Balaban J connectivity index is 3.07. The van der Waals surface area contributed by atoms with Crippen molar-refractivity contribution in [1.82, 2.24) is 4.72 Å².